The second-order valence-electron chi connectivity index (χ2n) is 5.08. The fraction of sp³-hybridized carbons (Fsp3) is 0.375. The molecule has 1 fully saturated rings. The molecule has 0 saturated carbocycles. The van der Waals surface area contributed by atoms with Gasteiger partial charge in [-0.05, 0) is 38.0 Å². The van der Waals surface area contributed by atoms with Gasteiger partial charge in [-0.1, -0.05) is 18.2 Å². The van der Waals surface area contributed by atoms with Gasteiger partial charge in [-0.2, -0.15) is 0 Å². The monoisotopic (exact) mass is 269 g/mol. The number of benzene rings is 1. The minimum absolute atomic E-state index is 0.393. The number of hydrogen-bond acceptors (Lipinski definition) is 4. The summed E-state index contributed by atoms with van der Waals surface area (Å²) in [6, 6.07) is 12.4. The lowest BCUT2D eigenvalue weighted by atomic mass is 10.2. The Morgan fingerprint density at radius 3 is 2.90 bits per heavy atom. The van der Waals surface area contributed by atoms with E-state index in [-0.39, 0.29) is 0 Å². The molecule has 1 aromatic heterocycles. The van der Waals surface area contributed by atoms with E-state index in [0.717, 1.165) is 30.4 Å². The summed E-state index contributed by atoms with van der Waals surface area (Å²) < 4.78 is 5.89. The minimum Gasteiger partial charge on any atom is -0.491 e. The molecule has 0 unspecified atom stereocenters. The average molecular weight is 269 g/mol. The van der Waals surface area contributed by atoms with Crippen LogP contribution in [0.1, 0.15) is 18.7 Å². The molecule has 20 heavy (non-hydrogen) atoms. The number of aryl methyl sites for hydroxylation is 1. The van der Waals surface area contributed by atoms with Crippen LogP contribution in [0.15, 0.2) is 42.6 Å². The van der Waals surface area contributed by atoms with Crippen LogP contribution in [0.5, 0.6) is 5.75 Å². The third kappa shape index (κ3) is 2.90. The smallest absolute Gasteiger partial charge is 0.132 e. The highest BCUT2D eigenvalue weighted by Gasteiger charge is 2.26. The summed E-state index contributed by atoms with van der Waals surface area (Å²) >= 11 is 0. The average Bonchev–Trinajstić information content (AvgIpc) is 2.95. The Balaban J connectivity index is 1.67. The standard InChI is InChI=1S/C16H19N3O/c1-13-17-10-9-16(18-13)19-11-5-6-14(19)12-20-15-7-3-2-4-8-15/h2-4,7-10,14H,5-6,11-12H2,1H3/t14-/m1/s1. The van der Waals surface area contributed by atoms with E-state index in [1.165, 1.54) is 6.42 Å². The molecule has 3 rings (SSSR count). The maximum atomic E-state index is 5.89. The van der Waals surface area contributed by atoms with E-state index in [2.05, 4.69) is 14.9 Å². The highest BCUT2D eigenvalue weighted by Crippen LogP contribution is 2.24. The van der Waals surface area contributed by atoms with Gasteiger partial charge >= 0.3 is 0 Å². The predicted molar refractivity (Wildman–Crippen MR) is 79.1 cm³/mol. The van der Waals surface area contributed by atoms with Crippen LogP contribution in [0.4, 0.5) is 5.82 Å². The van der Waals surface area contributed by atoms with Crippen molar-refractivity contribution in [3.8, 4) is 5.75 Å². The molecule has 1 aromatic carbocycles. The summed E-state index contributed by atoms with van der Waals surface area (Å²) in [7, 11) is 0. The number of aromatic nitrogens is 2. The summed E-state index contributed by atoms with van der Waals surface area (Å²) in [5.41, 5.74) is 0. The van der Waals surface area contributed by atoms with Crippen molar-refractivity contribution in [1.82, 2.24) is 9.97 Å². The van der Waals surface area contributed by atoms with Crippen LogP contribution in [0, 0.1) is 6.92 Å². The van der Waals surface area contributed by atoms with E-state index >= 15 is 0 Å². The topological polar surface area (TPSA) is 38.2 Å². The molecule has 2 heterocycles. The fourth-order valence-electron chi connectivity index (χ4n) is 2.62. The Kier molecular flexibility index (Phi) is 3.81. The first-order valence-corrected chi connectivity index (χ1v) is 7.07. The lowest BCUT2D eigenvalue weighted by Crippen LogP contribution is -2.34. The molecule has 4 nitrogen and oxygen atoms in total. The van der Waals surface area contributed by atoms with Gasteiger partial charge < -0.3 is 9.64 Å². The zero-order valence-electron chi connectivity index (χ0n) is 11.7. The fourth-order valence-corrected chi connectivity index (χ4v) is 2.62. The van der Waals surface area contributed by atoms with E-state index < -0.39 is 0 Å². The predicted octanol–water partition coefficient (Wildman–Crippen LogP) is 2.83. The number of para-hydroxylation sites is 1. The van der Waals surface area contributed by atoms with Crippen LogP contribution in [0.3, 0.4) is 0 Å². The molecular weight excluding hydrogens is 250 g/mol. The van der Waals surface area contributed by atoms with Crippen molar-refractivity contribution in [2.45, 2.75) is 25.8 Å². The van der Waals surface area contributed by atoms with Crippen LogP contribution >= 0.6 is 0 Å². The Bertz CT molecular complexity index is 559. The number of rotatable bonds is 4. The molecule has 0 aliphatic carbocycles. The number of hydrogen-bond donors (Lipinski definition) is 0. The van der Waals surface area contributed by atoms with E-state index in [4.69, 9.17) is 4.74 Å². The molecule has 4 heteroatoms. The maximum Gasteiger partial charge on any atom is 0.132 e. The van der Waals surface area contributed by atoms with E-state index in [1.54, 1.807) is 0 Å². The number of nitrogens with zero attached hydrogens (tertiary/aromatic N) is 3. The van der Waals surface area contributed by atoms with Crippen molar-refractivity contribution in [2.24, 2.45) is 0 Å². The molecule has 2 aromatic rings. The van der Waals surface area contributed by atoms with Crippen molar-refractivity contribution in [1.29, 1.82) is 0 Å². The highest BCUT2D eigenvalue weighted by molar-refractivity contribution is 5.40. The van der Waals surface area contributed by atoms with Crippen molar-refractivity contribution in [3.63, 3.8) is 0 Å². The molecular formula is C16H19N3O. The lowest BCUT2D eigenvalue weighted by molar-refractivity contribution is 0.288. The van der Waals surface area contributed by atoms with Gasteiger partial charge in [-0.15, -0.1) is 0 Å². The van der Waals surface area contributed by atoms with Crippen molar-refractivity contribution >= 4 is 5.82 Å². The van der Waals surface area contributed by atoms with Crippen molar-refractivity contribution < 1.29 is 4.74 Å². The molecule has 1 aliphatic rings. The normalized spacial score (nSPS) is 18.2. The van der Waals surface area contributed by atoms with Crippen molar-refractivity contribution in [3.05, 3.63) is 48.4 Å². The quantitative estimate of drug-likeness (QED) is 0.855. The van der Waals surface area contributed by atoms with Crippen LogP contribution in [-0.2, 0) is 0 Å². The molecule has 0 amide bonds. The van der Waals surface area contributed by atoms with Gasteiger partial charge in [0.2, 0.25) is 0 Å². The summed E-state index contributed by atoms with van der Waals surface area (Å²) in [5, 5.41) is 0. The van der Waals surface area contributed by atoms with Crippen molar-refractivity contribution in [2.75, 3.05) is 18.1 Å². The van der Waals surface area contributed by atoms with Crippen LogP contribution < -0.4 is 9.64 Å². The first-order valence-electron chi connectivity index (χ1n) is 7.07. The first-order chi connectivity index (χ1) is 9.83. The largest absolute Gasteiger partial charge is 0.491 e. The van der Waals surface area contributed by atoms with E-state index in [0.29, 0.717) is 12.6 Å². The molecule has 0 bridgehead atoms. The second kappa shape index (κ2) is 5.90. The molecule has 1 saturated heterocycles. The summed E-state index contributed by atoms with van der Waals surface area (Å²) in [5.74, 6) is 2.76. The van der Waals surface area contributed by atoms with Gasteiger partial charge in [0.25, 0.3) is 0 Å². The van der Waals surface area contributed by atoms with Crippen LogP contribution in [0.2, 0.25) is 0 Å². The van der Waals surface area contributed by atoms with Gasteiger partial charge in [0.05, 0.1) is 6.04 Å². The highest BCUT2D eigenvalue weighted by atomic mass is 16.5. The number of anilines is 1. The van der Waals surface area contributed by atoms with E-state index in [9.17, 15) is 0 Å². The molecule has 1 atom stereocenters. The SMILES string of the molecule is Cc1nccc(N2CCC[C@@H]2COc2ccccc2)n1. The Hall–Kier alpha value is -2.10. The zero-order chi connectivity index (χ0) is 13.8. The summed E-state index contributed by atoms with van der Waals surface area (Å²) in [6.45, 7) is 3.67. The minimum atomic E-state index is 0.393. The summed E-state index contributed by atoms with van der Waals surface area (Å²) in [6.07, 6.45) is 4.16. The number of ether oxygens (including phenoxy) is 1. The van der Waals surface area contributed by atoms with Crippen LogP contribution in [0.25, 0.3) is 0 Å². The van der Waals surface area contributed by atoms with Gasteiger partial charge in [0.15, 0.2) is 0 Å². The molecule has 1 aliphatic heterocycles. The first kappa shape index (κ1) is 12.9. The molecule has 0 radical (unpaired) electrons. The molecule has 104 valence electrons. The zero-order valence-corrected chi connectivity index (χ0v) is 11.7. The summed E-state index contributed by atoms with van der Waals surface area (Å²) in [4.78, 5) is 11.0. The Labute approximate surface area is 119 Å². The van der Waals surface area contributed by atoms with Gasteiger partial charge in [-0.3, -0.25) is 0 Å². The van der Waals surface area contributed by atoms with Gasteiger partial charge in [-0.25, -0.2) is 9.97 Å². The van der Waals surface area contributed by atoms with Gasteiger partial charge in [0, 0.05) is 12.7 Å². The lowest BCUT2D eigenvalue weighted by Gasteiger charge is -2.25. The van der Waals surface area contributed by atoms with Crippen LogP contribution in [-0.4, -0.2) is 29.2 Å². The maximum absolute atomic E-state index is 5.89. The molecule has 0 N–H and O–H groups in total. The van der Waals surface area contributed by atoms with Gasteiger partial charge in [0.1, 0.15) is 24.0 Å². The molecule has 0 spiro atoms. The second-order valence-corrected chi connectivity index (χ2v) is 5.08. The Morgan fingerprint density at radius 1 is 1.25 bits per heavy atom. The third-order valence-corrected chi connectivity index (χ3v) is 3.62. The van der Waals surface area contributed by atoms with E-state index in [1.807, 2.05) is 49.5 Å². The Morgan fingerprint density at radius 2 is 2.10 bits per heavy atom. The third-order valence-electron chi connectivity index (χ3n) is 3.62.